The smallest absolute Gasteiger partial charge is 0.228 e. The Balaban J connectivity index is 2.90. The highest BCUT2D eigenvalue weighted by molar-refractivity contribution is 6.03. The van der Waals surface area contributed by atoms with Gasteiger partial charge in [0.25, 0.3) is 0 Å². The highest BCUT2D eigenvalue weighted by Crippen LogP contribution is 2.41. The summed E-state index contributed by atoms with van der Waals surface area (Å²) >= 11 is 0. The first kappa shape index (κ1) is 14.2. The Labute approximate surface area is 104 Å². The molecule has 0 aromatic carbocycles. The minimum Gasteiger partial charge on any atom is -0.369 e. The summed E-state index contributed by atoms with van der Waals surface area (Å²) in [5.41, 5.74) is 5.08. The topological polar surface area (TPSA) is 60.2 Å². The highest BCUT2D eigenvalue weighted by Gasteiger charge is 2.41. The fourth-order valence-electron chi connectivity index (χ4n) is 3.06. The second-order valence-corrected chi connectivity index (χ2v) is 5.28. The third-order valence-electron chi connectivity index (χ3n) is 4.33. The van der Waals surface area contributed by atoms with Gasteiger partial charge < -0.3 is 5.73 Å². The molecule has 98 valence electrons. The number of carbonyl (C=O) groups excluding carboxylic acids is 2. The molecule has 0 heterocycles. The Morgan fingerprint density at radius 2 is 1.65 bits per heavy atom. The molecule has 2 N–H and O–H groups in total. The number of nitrogens with two attached hydrogens (primary N) is 1. The quantitative estimate of drug-likeness (QED) is 0.592. The molecule has 0 aliphatic heterocycles. The van der Waals surface area contributed by atoms with E-state index in [-0.39, 0.29) is 11.2 Å². The lowest BCUT2D eigenvalue weighted by molar-refractivity contribution is -0.140. The molecule has 0 aromatic heterocycles. The van der Waals surface area contributed by atoms with Crippen molar-refractivity contribution in [1.29, 1.82) is 0 Å². The number of amides is 1. The minimum atomic E-state index is -0.576. The van der Waals surface area contributed by atoms with E-state index in [9.17, 15) is 9.59 Å². The summed E-state index contributed by atoms with van der Waals surface area (Å²) in [4.78, 5) is 23.9. The standard InChI is InChI=1S/C14H25NO2/c1-3-11(13(15)17)12(16)14(4-2)9-7-5-6-8-10-14/h11H,3-10H2,1-2H3,(H2,15,17). The zero-order valence-electron chi connectivity index (χ0n) is 11.1. The number of ketones is 1. The molecule has 1 fully saturated rings. The Morgan fingerprint density at radius 3 is 2.00 bits per heavy atom. The van der Waals surface area contributed by atoms with Gasteiger partial charge in [0.05, 0.1) is 5.92 Å². The van der Waals surface area contributed by atoms with Crippen molar-refractivity contribution in [2.75, 3.05) is 0 Å². The van der Waals surface area contributed by atoms with Crippen LogP contribution in [0.15, 0.2) is 0 Å². The van der Waals surface area contributed by atoms with Gasteiger partial charge in [-0.1, -0.05) is 39.5 Å². The molecule has 1 amide bonds. The molecule has 1 aliphatic carbocycles. The molecular weight excluding hydrogens is 214 g/mol. The maximum Gasteiger partial charge on any atom is 0.228 e. The highest BCUT2D eigenvalue weighted by atomic mass is 16.2. The Kier molecular flexibility index (Phi) is 5.16. The van der Waals surface area contributed by atoms with Crippen LogP contribution in [0.4, 0.5) is 0 Å². The fourth-order valence-corrected chi connectivity index (χ4v) is 3.06. The Hall–Kier alpha value is -0.860. The SMILES string of the molecule is CCC(C(N)=O)C(=O)C1(CC)CCCCCC1. The summed E-state index contributed by atoms with van der Waals surface area (Å²) in [6.45, 7) is 3.93. The van der Waals surface area contributed by atoms with Crippen LogP contribution in [0.5, 0.6) is 0 Å². The second-order valence-electron chi connectivity index (χ2n) is 5.28. The molecule has 0 spiro atoms. The predicted octanol–water partition coefficient (Wildman–Crippen LogP) is 2.82. The summed E-state index contributed by atoms with van der Waals surface area (Å²) in [7, 11) is 0. The molecule has 1 atom stereocenters. The lowest BCUT2D eigenvalue weighted by atomic mass is 9.70. The first-order valence-electron chi connectivity index (χ1n) is 6.91. The molecule has 3 heteroatoms. The first-order chi connectivity index (χ1) is 8.07. The van der Waals surface area contributed by atoms with Gasteiger partial charge in [0, 0.05) is 5.41 Å². The average molecular weight is 239 g/mol. The summed E-state index contributed by atoms with van der Waals surface area (Å²) in [5, 5.41) is 0. The van der Waals surface area contributed by atoms with E-state index < -0.39 is 11.8 Å². The average Bonchev–Trinajstić information content (AvgIpc) is 2.55. The molecule has 0 radical (unpaired) electrons. The van der Waals surface area contributed by atoms with Crippen molar-refractivity contribution < 1.29 is 9.59 Å². The van der Waals surface area contributed by atoms with Crippen LogP contribution in [0.25, 0.3) is 0 Å². The van der Waals surface area contributed by atoms with Crippen molar-refractivity contribution in [3.63, 3.8) is 0 Å². The number of carbonyl (C=O) groups is 2. The molecule has 0 bridgehead atoms. The van der Waals surface area contributed by atoms with Crippen LogP contribution in [-0.4, -0.2) is 11.7 Å². The lowest BCUT2D eigenvalue weighted by Gasteiger charge is -2.32. The minimum absolute atomic E-state index is 0.108. The van der Waals surface area contributed by atoms with Crippen molar-refractivity contribution in [2.24, 2.45) is 17.1 Å². The van der Waals surface area contributed by atoms with E-state index >= 15 is 0 Å². The van der Waals surface area contributed by atoms with Crippen molar-refractivity contribution in [1.82, 2.24) is 0 Å². The van der Waals surface area contributed by atoms with Crippen molar-refractivity contribution in [2.45, 2.75) is 65.2 Å². The van der Waals surface area contributed by atoms with Crippen molar-refractivity contribution in [3.05, 3.63) is 0 Å². The van der Waals surface area contributed by atoms with Crippen LogP contribution in [0, 0.1) is 11.3 Å². The number of primary amides is 1. The second kappa shape index (κ2) is 6.18. The summed E-state index contributed by atoms with van der Waals surface area (Å²) in [5.74, 6) is -0.917. The maximum absolute atomic E-state index is 12.6. The first-order valence-corrected chi connectivity index (χ1v) is 6.91. The van der Waals surface area contributed by atoms with Gasteiger partial charge in [-0.3, -0.25) is 9.59 Å². The molecule has 1 unspecified atom stereocenters. The van der Waals surface area contributed by atoms with E-state index in [1.807, 2.05) is 6.92 Å². The van der Waals surface area contributed by atoms with Crippen molar-refractivity contribution >= 4 is 11.7 Å². The van der Waals surface area contributed by atoms with Crippen LogP contribution < -0.4 is 5.73 Å². The van der Waals surface area contributed by atoms with Gasteiger partial charge >= 0.3 is 0 Å². The molecule has 0 saturated heterocycles. The molecule has 1 aliphatic rings. The Bertz CT molecular complexity index is 278. The van der Waals surface area contributed by atoms with Gasteiger partial charge in [0.15, 0.2) is 5.78 Å². The van der Waals surface area contributed by atoms with Crippen LogP contribution in [-0.2, 0) is 9.59 Å². The van der Waals surface area contributed by atoms with Crippen LogP contribution in [0.1, 0.15) is 65.2 Å². The summed E-state index contributed by atoms with van der Waals surface area (Å²) < 4.78 is 0. The van der Waals surface area contributed by atoms with Gasteiger partial charge in [-0.2, -0.15) is 0 Å². The number of hydrogen-bond acceptors (Lipinski definition) is 2. The van der Waals surface area contributed by atoms with Crippen molar-refractivity contribution in [3.8, 4) is 0 Å². The lowest BCUT2D eigenvalue weighted by Crippen LogP contribution is -2.41. The largest absolute Gasteiger partial charge is 0.369 e. The number of Topliss-reactive ketones (excluding diaryl/α,β-unsaturated/α-hetero) is 1. The van der Waals surface area contributed by atoms with E-state index in [2.05, 4.69) is 6.92 Å². The zero-order chi connectivity index (χ0) is 12.9. The molecule has 1 saturated carbocycles. The van der Waals surface area contributed by atoms with Gasteiger partial charge in [-0.15, -0.1) is 0 Å². The fraction of sp³-hybridized carbons (Fsp3) is 0.857. The molecule has 0 aromatic rings. The molecule has 17 heavy (non-hydrogen) atoms. The number of rotatable bonds is 5. The van der Waals surface area contributed by atoms with E-state index in [0.717, 1.165) is 32.1 Å². The van der Waals surface area contributed by atoms with Gasteiger partial charge in [-0.25, -0.2) is 0 Å². The zero-order valence-corrected chi connectivity index (χ0v) is 11.1. The normalized spacial score (nSPS) is 21.5. The van der Waals surface area contributed by atoms with Crippen LogP contribution in [0.2, 0.25) is 0 Å². The van der Waals surface area contributed by atoms with Gasteiger partial charge in [0.1, 0.15) is 0 Å². The van der Waals surface area contributed by atoms with E-state index in [1.165, 1.54) is 12.8 Å². The summed E-state index contributed by atoms with van der Waals surface area (Å²) in [6.07, 6.45) is 7.89. The third-order valence-corrected chi connectivity index (χ3v) is 4.33. The predicted molar refractivity (Wildman–Crippen MR) is 68.4 cm³/mol. The van der Waals surface area contributed by atoms with Gasteiger partial charge in [-0.05, 0) is 25.7 Å². The van der Waals surface area contributed by atoms with Crippen LogP contribution >= 0.6 is 0 Å². The van der Waals surface area contributed by atoms with E-state index in [4.69, 9.17) is 5.73 Å². The van der Waals surface area contributed by atoms with Crippen LogP contribution in [0.3, 0.4) is 0 Å². The molecule has 1 rings (SSSR count). The maximum atomic E-state index is 12.6. The molecular formula is C14H25NO2. The third kappa shape index (κ3) is 3.08. The number of hydrogen-bond donors (Lipinski definition) is 1. The van der Waals surface area contributed by atoms with Gasteiger partial charge in [0.2, 0.25) is 5.91 Å². The molecule has 3 nitrogen and oxygen atoms in total. The Morgan fingerprint density at radius 1 is 1.12 bits per heavy atom. The van der Waals surface area contributed by atoms with E-state index in [1.54, 1.807) is 0 Å². The van der Waals surface area contributed by atoms with E-state index in [0.29, 0.717) is 6.42 Å². The summed E-state index contributed by atoms with van der Waals surface area (Å²) in [6, 6.07) is 0. The monoisotopic (exact) mass is 239 g/mol.